The van der Waals surface area contributed by atoms with Crippen molar-refractivity contribution in [2.75, 3.05) is 20.2 Å². The van der Waals surface area contributed by atoms with E-state index in [1.165, 1.54) is 12.4 Å². The zero-order chi connectivity index (χ0) is 15.3. The Morgan fingerprint density at radius 1 is 1.55 bits per heavy atom. The van der Waals surface area contributed by atoms with Crippen molar-refractivity contribution < 1.29 is 13.5 Å². The van der Waals surface area contributed by atoms with Crippen molar-refractivity contribution in [3.8, 4) is 0 Å². The van der Waals surface area contributed by atoms with Crippen LogP contribution >= 0.6 is 24.0 Å². The van der Waals surface area contributed by atoms with Crippen LogP contribution in [0.5, 0.6) is 0 Å². The van der Waals surface area contributed by atoms with Crippen LogP contribution in [0.2, 0.25) is 0 Å². The molecule has 1 aromatic rings. The standard InChI is InChI=1S/C13H21F2N5O.HI/c1-13(4-3-7-21-13)9-19-12(16-2)18-8-10-17-5-6-20(10)11(14)15;/h5-6,11H,3-4,7-9H2,1-2H3,(H2,16,18,19);1H. The van der Waals surface area contributed by atoms with E-state index in [0.29, 0.717) is 12.5 Å². The molecular weight excluding hydrogens is 407 g/mol. The molecule has 126 valence electrons. The minimum atomic E-state index is -2.59. The molecule has 2 heterocycles. The van der Waals surface area contributed by atoms with E-state index in [1.807, 2.05) is 6.92 Å². The van der Waals surface area contributed by atoms with Gasteiger partial charge in [-0.1, -0.05) is 0 Å². The lowest BCUT2D eigenvalue weighted by Gasteiger charge is -2.24. The SMILES string of the molecule is CN=C(NCc1nccn1C(F)F)NCC1(C)CCCO1.I. The Morgan fingerprint density at radius 3 is 2.91 bits per heavy atom. The molecule has 1 fully saturated rings. The quantitative estimate of drug-likeness (QED) is 0.428. The zero-order valence-corrected chi connectivity index (χ0v) is 15.0. The fourth-order valence-electron chi connectivity index (χ4n) is 2.29. The summed E-state index contributed by atoms with van der Waals surface area (Å²) in [7, 11) is 1.63. The van der Waals surface area contributed by atoms with Crippen molar-refractivity contribution in [2.45, 2.75) is 38.5 Å². The summed E-state index contributed by atoms with van der Waals surface area (Å²) in [5.74, 6) is 0.798. The molecular formula is C13H22F2IN5O. The number of guanidine groups is 1. The van der Waals surface area contributed by atoms with Gasteiger partial charge >= 0.3 is 6.55 Å². The van der Waals surface area contributed by atoms with Crippen LogP contribution in [0.4, 0.5) is 8.78 Å². The third-order valence-corrected chi connectivity index (χ3v) is 3.53. The lowest BCUT2D eigenvalue weighted by molar-refractivity contribution is 0.0243. The zero-order valence-electron chi connectivity index (χ0n) is 12.7. The van der Waals surface area contributed by atoms with Gasteiger partial charge in [0.25, 0.3) is 0 Å². The van der Waals surface area contributed by atoms with Crippen molar-refractivity contribution in [1.82, 2.24) is 20.2 Å². The molecule has 1 atom stereocenters. The molecule has 0 aliphatic carbocycles. The predicted molar refractivity (Wildman–Crippen MR) is 90.7 cm³/mol. The number of imidazole rings is 1. The first-order chi connectivity index (χ1) is 10.0. The van der Waals surface area contributed by atoms with Crippen molar-refractivity contribution in [1.29, 1.82) is 0 Å². The topological polar surface area (TPSA) is 63.5 Å². The fourth-order valence-corrected chi connectivity index (χ4v) is 2.29. The summed E-state index contributed by atoms with van der Waals surface area (Å²) in [6.07, 6.45) is 4.65. The number of nitrogens with one attached hydrogen (secondary N) is 2. The molecule has 0 aromatic carbocycles. The van der Waals surface area contributed by atoms with Gasteiger partial charge in [0, 0.05) is 32.6 Å². The third kappa shape index (κ3) is 5.04. The van der Waals surface area contributed by atoms with Crippen LogP contribution in [0.1, 0.15) is 32.1 Å². The summed E-state index contributed by atoms with van der Waals surface area (Å²) in [6.45, 7) is 1.02. The molecule has 0 saturated carbocycles. The van der Waals surface area contributed by atoms with Crippen LogP contribution in [-0.2, 0) is 11.3 Å². The van der Waals surface area contributed by atoms with Gasteiger partial charge in [-0.3, -0.25) is 9.56 Å². The number of ether oxygens (including phenoxy) is 1. The summed E-state index contributed by atoms with van der Waals surface area (Å²) in [6, 6.07) is 0. The van der Waals surface area contributed by atoms with Crippen LogP contribution in [0.15, 0.2) is 17.4 Å². The van der Waals surface area contributed by atoms with Crippen molar-refractivity contribution in [3.63, 3.8) is 0 Å². The maximum atomic E-state index is 12.7. The second-order valence-corrected chi connectivity index (χ2v) is 5.21. The minimum Gasteiger partial charge on any atom is -0.373 e. The largest absolute Gasteiger partial charge is 0.373 e. The molecule has 2 rings (SSSR count). The van der Waals surface area contributed by atoms with Gasteiger partial charge in [0.15, 0.2) is 5.96 Å². The van der Waals surface area contributed by atoms with Crippen molar-refractivity contribution in [2.24, 2.45) is 4.99 Å². The Bertz CT molecular complexity index is 489. The molecule has 1 saturated heterocycles. The molecule has 1 aromatic heterocycles. The first-order valence-electron chi connectivity index (χ1n) is 6.92. The van der Waals surface area contributed by atoms with Crippen LogP contribution in [-0.4, -0.2) is 41.3 Å². The van der Waals surface area contributed by atoms with E-state index in [-0.39, 0.29) is 41.9 Å². The van der Waals surface area contributed by atoms with Gasteiger partial charge in [0.1, 0.15) is 5.82 Å². The number of halogens is 3. The van der Waals surface area contributed by atoms with E-state index in [4.69, 9.17) is 4.74 Å². The minimum absolute atomic E-state index is 0. The summed E-state index contributed by atoms with van der Waals surface area (Å²) in [5.41, 5.74) is -0.195. The highest BCUT2D eigenvalue weighted by Gasteiger charge is 2.29. The first kappa shape index (κ1) is 19.1. The number of hydrogen-bond donors (Lipinski definition) is 2. The lowest BCUT2D eigenvalue weighted by atomic mass is 10.0. The maximum Gasteiger partial charge on any atom is 0.319 e. The Balaban J connectivity index is 0.00000242. The molecule has 22 heavy (non-hydrogen) atoms. The van der Waals surface area contributed by atoms with E-state index in [0.717, 1.165) is 24.0 Å². The molecule has 0 bridgehead atoms. The number of hydrogen-bond acceptors (Lipinski definition) is 3. The summed E-state index contributed by atoms with van der Waals surface area (Å²) in [5, 5.41) is 6.13. The van der Waals surface area contributed by atoms with Crippen LogP contribution in [0, 0.1) is 0 Å². The number of alkyl halides is 2. The molecule has 1 aliphatic heterocycles. The van der Waals surface area contributed by atoms with E-state index in [9.17, 15) is 8.78 Å². The normalized spacial score (nSPS) is 21.8. The first-order valence-corrected chi connectivity index (χ1v) is 6.92. The number of aromatic nitrogens is 2. The number of aliphatic imine (C=N–C) groups is 1. The van der Waals surface area contributed by atoms with Gasteiger partial charge in [-0.25, -0.2) is 4.98 Å². The smallest absolute Gasteiger partial charge is 0.319 e. The highest BCUT2D eigenvalue weighted by Crippen LogP contribution is 2.23. The van der Waals surface area contributed by atoms with E-state index < -0.39 is 6.55 Å². The summed E-state index contributed by atoms with van der Waals surface area (Å²) in [4.78, 5) is 7.98. The number of rotatable bonds is 5. The Hall–Kier alpha value is -0.970. The Labute approximate surface area is 145 Å². The van der Waals surface area contributed by atoms with Crippen LogP contribution in [0.3, 0.4) is 0 Å². The van der Waals surface area contributed by atoms with Crippen LogP contribution in [0.25, 0.3) is 0 Å². The fraction of sp³-hybridized carbons (Fsp3) is 0.692. The van der Waals surface area contributed by atoms with Gasteiger partial charge in [-0.2, -0.15) is 8.78 Å². The molecule has 1 aliphatic rings. The van der Waals surface area contributed by atoms with E-state index in [2.05, 4.69) is 20.6 Å². The highest BCUT2D eigenvalue weighted by molar-refractivity contribution is 14.0. The molecule has 9 heteroatoms. The average molecular weight is 429 g/mol. The predicted octanol–water partition coefficient (Wildman–Crippen LogP) is 2.13. The molecule has 1 unspecified atom stereocenters. The van der Waals surface area contributed by atoms with Crippen molar-refractivity contribution >= 4 is 29.9 Å². The average Bonchev–Trinajstić information content (AvgIpc) is 3.08. The molecule has 0 spiro atoms. The molecule has 6 nitrogen and oxygen atoms in total. The van der Waals surface area contributed by atoms with Gasteiger partial charge in [-0.15, -0.1) is 24.0 Å². The Kier molecular flexibility index (Phi) is 7.46. The molecule has 0 amide bonds. The van der Waals surface area contributed by atoms with Gasteiger partial charge in [0.05, 0.1) is 12.1 Å². The van der Waals surface area contributed by atoms with Gasteiger partial charge in [-0.05, 0) is 19.8 Å². The number of nitrogens with zero attached hydrogens (tertiary/aromatic N) is 3. The monoisotopic (exact) mass is 429 g/mol. The second kappa shape index (κ2) is 8.61. The van der Waals surface area contributed by atoms with Crippen LogP contribution < -0.4 is 10.6 Å². The van der Waals surface area contributed by atoms with E-state index in [1.54, 1.807) is 7.05 Å². The molecule has 2 N–H and O–H groups in total. The lowest BCUT2D eigenvalue weighted by Crippen LogP contribution is -2.45. The Morgan fingerprint density at radius 2 is 2.32 bits per heavy atom. The van der Waals surface area contributed by atoms with Gasteiger partial charge in [0.2, 0.25) is 0 Å². The maximum absolute atomic E-state index is 12.7. The van der Waals surface area contributed by atoms with Gasteiger partial charge < -0.3 is 15.4 Å². The summed E-state index contributed by atoms with van der Waals surface area (Å²) >= 11 is 0. The van der Waals surface area contributed by atoms with Crippen molar-refractivity contribution in [3.05, 3.63) is 18.2 Å². The van der Waals surface area contributed by atoms with E-state index >= 15 is 0 Å². The molecule has 0 radical (unpaired) electrons. The second-order valence-electron chi connectivity index (χ2n) is 5.21. The third-order valence-electron chi connectivity index (χ3n) is 3.53. The highest BCUT2D eigenvalue weighted by atomic mass is 127. The summed E-state index contributed by atoms with van der Waals surface area (Å²) < 4.78 is 31.9.